The third-order valence-electron chi connectivity index (χ3n) is 4.86. The first kappa shape index (κ1) is 19.2. The summed E-state index contributed by atoms with van der Waals surface area (Å²) in [5.41, 5.74) is 7.31. The molecule has 6 nitrogen and oxygen atoms in total. The molecule has 0 bridgehead atoms. The second-order valence-corrected chi connectivity index (χ2v) is 7.47. The zero-order valence-corrected chi connectivity index (χ0v) is 16.8. The molecule has 0 amide bonds. The number of ether oxygens (including phenoxy) is 1. The molecule has 0 saturated carbocycles. The molecule has 8 heteroatoms. The molecule has 0 radical (unpaired) electrons. The van der Waals surface area contributed by atoms with E-state index in [4.69, 9.17) is 38.1 Å². The van der Waals surface area contributed by atoms with Crippen molar-refractivity contribution in [1.82, 2.24) is 4.57 Å². The van der Waals surface area contributed by atoms with Crippen LogP contribution in [0.25, 0.3) is 0 Å². The molecule has 0 aliphatic carbocycles. The van der Waals surface area contributed by atoms with E-state index in [2.05, 4.69) is 6.07 Å². The molecule has 2 N–H and O–H groups in total. The SMILES string of the molecule is Cc1cc2c(c(=O)n1Cc1ccco1)[C@H](c1ccc(Cl)cc1Cl)C(C#N)=C(N)O2. The van der Waals surface area contributed by atoms with Crippen LogP contribution in [0, 0.1) is 18.3 Å². The Hall–Kier alpha value is -3.14. The maximum Gasteiger partial charge on any atom is 0.259 e. The van der Waals surface area contributed by atoms with E-state index >= 15 is 0 Å². The summed E-state index contributed by atoms with van der Waals surface area (Å²) in [7, 11) is 0. The summed E-state index contributed by atoms with van der Waals surface area (Å²) in [4.78, 5) is 13.5. The lowest BCUT2D eigenvalue weighted by atomic mass is 9.84. The number of hydrogen-bond donors (Lipinski definition) is 1. The Kier molecular flexibility index (Phi) is 4.87. The molecule has 3 aromatic rings. The molecular formula is C21H15Cl2N3O3. The summed E-state index contributed by atoms with van der Waals surface area (Å²) >= 11 is 12.4. The van der Waals surface area contributed by atoms with Gasteiger partial charge < -0.3 is 19.5 Å². The Labute approximate surface area is 176 Å². The summed E-state index contributed by atoms with van der Waals surface area (Å²) in [6.45, 7) is 2.03. The monoisotopic (exact) mass is 427 g/mol. The van der Waals surface area contributed by atoms with Gasteiger partial charge in [-0.15, -0.1) is 0 Å². The van der Waals surface area contributed by atoms with Crippen LogP contribution in [0.5, 0.6) is 5.75 Å². The molecule has 146 valence electrons. The lowest BCUT2D eigenvalue weighted by molar-refractivity contribution is 0.387. The molecule has 1 aliphatic heterocycles. The van der Waals surface area contributed by atoms with E-state index < -0.39 is 5.92 Å². The van der Waals surface area contributed by atoms with Gasteiger partial charge in [0.25, 0.3) is 5.56 Å². The number of benzene rings is 1. The molecular weight excluding hydrogens is 413 g/mol. The molecule has 2 aromatic heterocycles. The number of rotatable bonds is 3. The summed E-state index contributed by atoms with van der Waals surface area (Å²) in [6.07, 6.45) is 1.55. The third kappa shape index (κ3) is 3.29. The van der Waals surface area contributed by atoms with E-state index in [0.717, 1.165) is 0 Å². The maximum absolute atomic E-state index is 13.5. The molecule has 4 rings (SSSR count). The number of nitrogens with two attached hydrogens (primary N) is 1. The predicted molar refractivity (Wildman–Crippen MR) is 109 cm³/mol. The highest BCUT2D eigenvalue weighted by Gasteiger charge is 2.35. The van der Waals surface area contributed by atoms with Crippen LogP contribution in [-0.4, -0.2) is 4.57 Å². The lowest BCUT2D eigenvalue weighted by Crippen LogP contribution is -2.33. The van der Waals surface area contributed by atoms with Crippen LogP contribution < -0.4 is 16.0 Å². The molecule has 1 aromatic carbocycles. The van der Waals surface area contributed by atoms with Gasteiger partial charge in [-0.2, -0.15) is 5.26 Å². The number of nitriles is 1. The van der Waals surface area contributed by atoms with Gasteiger partial charge in [0.15, 0.2) is 0 Å². The maximum atomic E-state index is 13.5. The van der Waals surface area contributed by atoms with E-state index in [1.807, 2.05) is 0 Å². The van der Waals surface area contributed by atoms with Gasteiger partial charge in [-0.3, -0.25) is 4.79 Å². The minimum atomic E-state index is -0.774. The summed E-state index contributed by atoms with van der Waals surface area (Å²) in [6, 6.07) is 12.2. The van der Waals surface area contributed by atoms with Gasteiger partial charge >= 0.3 is 0 Å². The number of pyridine rings is 1. The lowest BCUT2D eigenvalue weighted by Gasteiger charge is -2.27. The Morgan fingerprint density at radius 1 is 1.28 bits per heavy atom. The van der Waals surface area contributed by atoms with Gasteiger partial charge in [-0.25, -0.2) is 0 Å². The molecule has 0 fully saturated rings. The highest BCUT2D eigenvalue weighted by atomic mass is 35.5. The van der Waals surface area contributed by atoms with Crippen molar-refractivity contribution < 1.29 is 9.15 Å². The largest absolute Gasteiger partial charge is 0.467 e. The van der Waals surface area contributed by atoms with Gasteiger partial charge in [0.2, 0.25) is 5.88 Å². The van der Waals surface area contributed by atoms with Crippen molar-refractivity contribution in [3.63, 3.8) is 0 Å². The molecule has 1 atom stereocenters. The smallest absolute Gasteiger partial charge is 0.259 e. The Morgan fingerprint density at radius 3 is 2.72 bits per heavy atom. The first-order valence-electron chi connectivity index (χ1n) is 8.70. The summed E-state index contributed by atoms with van der Waals surface area (Å²) < 4.78 is 12.6. The highest BCUT2D eigenvalue weighted by molar-refractivity contribution is 6.35. The van der Waals surface area contributed by atoms with Crippen LogP contribution in [-0.2, 0) is 6.54 Å². The number of allylic oxidation sites excluding steroid dienone is 1. The van der Waals surface area contributed by atoms with E-state index in [9.17, 15) is 10.1 Å². The number of hydrogen-bond acceptors (Lipinski definition) is 5. The number of halogens is 2. The number of fused-ring (bicyclic) bond motifs is 1. The van der Waals surface area contributed by atoms with Crippen LogP contribution in [0.1, 0.15) is 28.5 Å². The number of furan rings is 1. The van der Waals surface area contributed by atoms with Crippen molar-refractivity contribution in [2.75, 3.05) is 0 Å². The topological polar surface area (TPSA) is 94.2 Å². The first-order valence-corrected chi connectivity index (χ1v) is 9.45. The number of nitrogens with zero attached hydrogens (tertiary/aromatic N) is 2. The highest BCUT2D eigenvalue weighted by Crippen LogP contribution is 2.43. The fourth-order valence-corrected chi connectivity index (χ4v) is 4.01. The van der Waals surface area contributed by atoms with Crippen molar-refractivity contribution in [2.24, 2.45) is 5.73 Å². The first-order chi connectivity index (χ1) is 13.9. The normalized spacial score (nSPS) is 15.6. The summed E-state index contributed by atoms with van der Waals surface area (Å²) in [5, 5.41) is 10.5. The number of aromatic nitrogens is 1. The fraction of sp³-hybridized carbons (Fsp3) is 0.143. The van der Waals surface area contributed by atoms with Crippen molar-refractivity contribution in [3.05, 3.63) is 97.1 Å². The molecule has 0 spiro atoms. The standard InChI is InChI=1S/C21H15Cl2N3O3/c1-11-7-17-19(21(27)26(11)10-13-3-2-6-28-13)18(15(9-24)20(25)29-17)14-5-4-12(22)8-16(14)23/h2-8,18H,10,25H2,1H3/t18-/m1/s1. The predicted octanol–water partition coefficient (Wildman–Crippen LogP) is 4.32. The molecule has 0 unspecified atom stereocenters. The van der Waals surface area contributed by atoms with Crippen LogP contribution in [0.15, 0.2) is 63.3 Å². The van der Waals surface area contributed by atoms with Crippen LogP contribution in [0.3, 0.4) is 0 Å². The molecule has 0 saturated heterocycles. The van der Waals surface area contributed by atoms with Crippen LogP contribution in [0.4, 0.5) is 0 Å². The quantitative estimate of drug-likeness (QED) is 0.671. The average Bonchev–Trinajstić information content (AvgIpc) is 3.17. The minimum Gasteiger partial charge on any atom is -0.467 e. The van der Waals surface area contributed by atoms with Gasteiger partial charge in [0, 0.05) is 21.8 Å². The summed E-state index contributed by atoms with van der Waals surface area (Å²) in [5.74, 6) is 0.0993. The molecule has 3 heterocycles. The van der Waals surface area contributed by atoms with Crippen LogP contribution >= 0.6 is 23.2 Å². The van der Waals surface area contributed by atoms with E-state index in [0.29, 0.717) is 32.8 Å². The van der Waals surface area contributed by atoms with Gasteiger partial charge in [0.05, 0.1) is 24.3 Å². The Balaban J connectivity index is 1.97. The van der Waals surface area contributed by atoms with Crippen molar-refractivity contribution in [3.8, 4) is 11.8 Å². The fourth-order valence-electron chi connectivity index (χ4n) is 3.49. The minimum absolute atomic E-state index is 0.0569. The van der Waals surface area contributed by atoms with Gasteiger partial charge in [-0.05, 0) is 36.8 Å². The average molecular weight is 428 g/mol. The molecule has 29 heavy (non-hydrogen) atoms. The number of aryl methyl sites for hydroxylation is 1. The second kappa shape index (κ2) is 7.36. The van der Waals surface area contributed by atoms with Crippen molar-refractivity contribution in [2.45, 2.75) is 19.4 Å². The second-order valence-electron chi connectivity index (χ2n) is 6.62. The zero-order chi connectivity index (χ0) is 20.7. The van der Waals surface area contributed by atoms with E-state index in [-0.39, 0.29) is 29.1 Å². The van der Waals surface area contributed by atoms with E-state index in [1.165, 1.54) is 0 Å². The zero-order valence-electron chi connectivity index (χ0n) is 15.3. The Bertz CT molecular complexity index is 1240. The van der Waals surface area contributed by atoms with Gasteiger partial charge in [0.1, 0.15) is 23.2 Å². The molecule has 1 aliphatic rings. The van der Waals surface area contributed by atoms with Gasteiger partial charge in [-0.1, -0.05) is 29.3 Å². The van der Waals surface area contributed by atoms with Crippen molar-refractivity contribution >= 4 is 23.2 Å². The van der Waals surface area contributed by atoms with E-state index in [1.54, 1.807) is 54.2 Å². The Morgan fingerprint density at radius 2 is 2.07 bits per heavy atom. The van der Waals surface area contributed by atoms with Crippen molar-refractivity contribution in [1.29, 1.82) is 5.26 Å². The third-order valence-corrected chi connectivity index (χ3v) is 5.42. The van der Waals surface area contributed by atoms with Crippen LogP contribution in [0.2, 0.25) is 10.0 Å².